The van der Waals surface area contributed by atoms with Crippen molar-refractivity contribution in [3.63, 3.8) is 0 Å². The minimum Gasteiger partial charge on any atom is -0.369 e. The molecule has 0 bridgehead atoms. The van der Waals surface area contributed by atoms with Crippen LogP contribution in [0.25, 0.3) is 0 Å². The summed E-state index contributed by atoms with van der Waals surface area (Å²) in [5, 5.41) is 9.74. The Kier molecular flexibility index (Phi) is 6.96. The highest BCUT2D eigenvalue weighted by molar-refractivity contribution is 5.86. The van der Waals surface area contributed by atoms with E-state index in [0.29, 0.717) is 18.0 Å². The lowest BCUT2D eigenvalue weighted by molar-refractivity contribution is -0.120. The predicted octanol–water partition coefficient (Wildman–Crippen LogP) is 2.19. The maximum atomic E-state index is 12.2. The monoisotopic (exact) mass is 371 g/mol. The van der Waals surface area contributed by atoms with Gasteiger partial charge in [-0.3, -0.25) is 9.79 Å². The number of carbonyl (C=O) groups excluding carboxylic acids is 1. The summed E-state index contributed by atoms with van der Waals surface area (Å²) in [6, 6.07) is 9.35. The van der Waals surface area contributed by atoms with E-state index in [2.05, 4.69) is 57.0 Å². The van der Waals surface area contributed by atoms with E-state index >= 15 is 0 Å². The lowest BCUT2D eigenvalue weighted by atomic mass is 9.95. The van der Waals surface area contributed by atoms with Gasteiger partial charge in [0.25, 0.3) is 0 Å². The number of carbonyl (C=O) groups is 1. The van der Waals surface area contributed by atoms with Crippen LogP contribution in [0.3, 0.4) is 0 Å². The number of nitrogens with one attached hydrogen (secondary N) is 3. The second kappa shape index (κ2) is 9.62. The fraction of sp³-hybridized carbons (Fsp3) is 0.619. The third-order valence-corrected chi connectivity index (χ3v) is 5.54. The van der Waals surface area contributed by atoms with Crippen LogP contribution in [0.4, 0.5) is 5.69 Å². The van der Waals surface area contributed by atoms with Gasteiger partial charge in [0.05, 0.1) is 6.54 Å². The summed E-state index contributed by atoms with van der Waals surface area (Å²) in [5.74, 6) is 0.752. The van der Waals surface area contributed by atoms with Crippen molar-refractivity contribution in [1.29, 1.82) is 0 Å². The average molecular weight is 372 g/mol. The highest BCUT2D eigenvalue weighted by atomic mass is 16.2. The molecule has 0 radical (unpaired) electrons. The van der Waals surface area contributed by atoms with Crippen LogP contribution >= 0.6 is 0 Å². The van der Waals surface area contributed by atoms with E-state index in [1.165, 1.54) is 30.5 Å². The van der Waals surface area contributed by atoms with Crippen molar-refractivity contribution in [3.8, 4) is 0 Å². The Morgan fingerprint density at radius 2 is 1.81 bits per heavy atom. The number of anilines is 1. The first-order chi connectivity index (χ1) is 13.1. The Bertz CT molecular complexity index is 636. The molecular weight excluding hydrogens is 338 g/mol. The van der Waals surface area contributed by atoms with Gasteiger partial charge in [-0.25, -0.2) is 0 Å². The van der Waals surface area contributed by atoms with E-state index in [1.54, 1.807) is 7.05 Å². The highest BCUT2D eigenvalue weighted by Gasteiger charge is 2.23. The van der Waals surface area contributed by atoms with Gasteiger partial charge in [-0.15, -0.1) is 0 Å². The molecule has 6 nitrogen and oxygen atoms in total. The van der Waals surface area contributed by atoms with Gasteiger partial charge in [-0.2, -0.15) is 0 Å². The number of guanidine groups is 1. The molecule has 148 valence electrons. The van der Waals surface area contributed by atoms with Crippen molar-refractivity contribution in [2.24, 2.45) is 4.99 Å². The zero-order valence-corrected chi connectivity index (χ0v) is 16.6. The van der Waals surface area contributed by atoms with Crippen molar-refractivity contribution >= 4 is 17.6 Å². The third-order valence-electron chi connectivity index (χ3n) is 5.54. The summed E-state index contributed by atoms with van der Waals surface area (Å²) in [7, 11) is 1.75. The average Bonchev–Trinajstić information content (AvgIpc) is 3.15. The van der Waals surface area contributed by atoms with Gasteiger partial charge in [0, 0.05) is 37.9 Å². The van der Waals surface area contributed by atoms with Gasteiger partial charge >= 0.3 is 0 Å². The summed E-state index contributed by atoms with van der Waals surface area (Å²) in [6.07, 6.45) is 7.01. The van der Waals surface area contributed by atoms with Gasteiger partial charge in [0.2, 0.25) is 5.91 Å². The Balaban J connectivity index is 1.41. The minimum absolute atomic E-state index is 0.0533. The molecule has 1 amide bonds. The topological polar surface area (TPSA) is 68.8 Å². The standard InChI is InChI=1S/C21H33N5O/c1-16-8-10-19(11-9-16)26-13-12-18(15-26)25-21(22-2)23-14-20(27)24-17-6-4-3-5-7-17/h8-11,17-18H,3-7,12-15H2,1-2H3,(H,24,27)(H2,22,23,25). The summed E-state index contributed by atoms with van der Waals surface area (Å²) in [4.78, 5) is 18.8. The van der Waals surface area contributed by atoms with Crippen molar-refractivity contribution in [2.45, 2.75) is 57.5 Å². The van der Waals surface area contributed by atoms with Gasteiger partial charge in [0.15, 0.2) is 5.96 Å². The Labute approximate surface area is 162 Å². The first-order valence-corrected chi connectivity index (χ1v) is 10.2. The third kappa shape index (κ3) is 5.88. The molecule has 3 rings (SSSR count). The SMILES string of the molecule is CN=C(NCC(=O)NC1CCCCC1)NC1CCN(c2ccc(C)cc2)C1. The molecule has 2 fully saturated rings. The Morgan fingerprint density at radius 1 is 1.07 bits per heavy atom. The first-order valence-electron chi connectivity index (χ1n) is 10.2. The molecule has 1 atom stereocenters. The van der Waals surface area contributed by atoms with E-state index in [9.17, 15) is 4.79 Å². The normalized spacial score (nSPS) is 21.2. The first kappa shape index (κ1) is 19.5. The fourth-order valence-corrected chi connectivity index (χ4v) is 3.95. The van der Waals surface area contributed by atoms with E-state index in [4.69, 9.17) is 0 Å². The maximum Gasteiger partial charge on any atom is 0.239 e. The molecule has 0 aromatic heterocycles. The van der Waals surface area contributed by atoms with Gasteiger partial charge in [0.1, 0.15) is 0 Å². The lowest BCUT2D eigenvalue weighted by Crippen LogP contribution is -2.49. The van der Waals surface area contributed by atoms with Crippen LogP contribution in [-0.4, -0.2) is 50.6 Å². The van der Waals surface area contributed by atoms with Crippen LogP contribution < -0.4 is 20.9 Å². The van der Waals surface area contributed by atoms with Crippen molar-refractivity contribution in [2.75, 3.05) is 31.6 Å². The predicted molar refractivity (Wildman–Crippen MR) is 111 cm³/mol. The van der Waals surface area contributed by atoms with E-state index in [1.807, 2.05) is 0 Å². The summed E-state index contributed by atoms with van der Waals surface area (Å²) < 4.78 is 0. The molecule has 1 unspecified atom stereocenters. The van der Waals surface area contributed by atoms with Crippen molar-refractivity contribution in [3.05, 3.63) is 29.8 Å². The van der Waals surface area contributed by atoms with Gasteiger partial charge in [-0.1, -0.05) is 37.0 Å². The lowest BCUT2D eigenvalue weighted by Gasteiger charge is -2.23. The summed E-state index contributed by atoms with van der Waals surface area (Å²) >= 11 is 0. The number of aliphatic imine (C=N–C) groups is 1. The zero-order chi connectivity index (χ0) is 19.1. The molecule has 1 saturated carbocycles. The number of nitrogens with zero attached hydrogens (tertiary/aromatic N) is 2. The number of hydrogen-bond donors (Lipinski definition) is 3. The zero-order valence-electron chi connectivity index (χ0n) is 16.6. The quantitative estimate of drug-likeness (QED) is 0.548. The molecule has 1 saturated heterocycles. The van der Waals surface area contributed by atoms with E-state index in [-0.39, 0.29) is 12.5 Å². The van der Waals surface area contributed by atoms with Crippen LogP contribution in [0, 0.1) is 6.92 Å². The van der Waals surface area contributed by atoms with Crippen LogP contribution in [0.5, 0.6) is 0 Å². The Morgan fingerprint density at radius 3 is 2.52 bits per heavy atom. The van der Waals surface area contributed by atoms with Gasteiger partial charge < -0.3 is 20.9 Å². The number of amides is 1. The second-order valence-corrected chi connectivity index (χ2v) is 7.74. The molecule has 3 N–H and O–H groups in total. The summed E-state index contributed by atoms with van der Waals surface area (Å²) in [6.45, 7) is 4.35. The number of hydrogen-bond acceptors (Lipinski definition) is 3. The summed E-state index contributed by atoms with van der Waals surface area (Å²) in [5.41, 5.74) is 2.54. The van der Waals surface area contributed by atoms with Crippen LogP contribution in [0.2, 0.25) is 0 Å². The van der Waals surface area contributed by atoms with Crippen molar-refractivity contribution in [1.82, 2.24) is 16.0 Å². The van der Waals surface area contributed by atoms with E-state index in [0.717, 1.165) is 32.4 Å². The molecule has 1 aliphatic heterocycles. The number of rotatable bonds is 5. The Hall–Kier alpha value is -2.24. The van der Waals surface area contributed by atoms with Crippen LogP contribution in [0.1, 0.15) is 44.1 Å². The van der Waals surface area contributed by atoms with Crippen molar-refractivity contribution < 1.29 is 4.79 Å². The van der Waals surface area contributed by atoms with Crippen LogP contribution in [-0.2, 0) is 4.79 Å². The minimum atomic E-state index is 0.0533. The smallest absolute Gasteiger partial charge is 0.239 e. The molecule has 0 spiro atoms. The number of aryl methyl sites for hydroxylation is 1. The highest BCUT2D eigenvalue weighted by Crippen LogP contribution is 2.20. The molecule has 1 heterocycles. The maximum absolute atomic E-state index is 12.2. The fourth-order valence-electron chi connectivity index (χ4n) is 3.95. The number of benzene rings is 1. The molecule has 27 heavy (non-hydrogen) atoms. The molecule has 6 heteroatoms. The molecule has 1 aliphatic carbocycles. The molecule has 1 aromatic carbocycles. The molecule has 2 aliphatic rings. The van der Waals surface area contributed by atoms with Crippen LogP contribution in [0.15, 0.2) is 29.3 Å². The molecular formula is C21H33N5O. The van der Waals surface area contributed by atoms with Gasteiger partial charge in [-0.05, 0) is 38.3 Å². The van der Waals surface area contributed by atoms with E-state index < -0.39 is 0 Å². The second-order valence-electron chi connectivity index (χ2n) is 7.74. The largest absolute Gasteiger partial charge is 0.369 e. The molecule has 1 aromatic rings.